The van der Waals surface area contributed by atoms with E-state index < -0.39 is 28.8 Å². The molecule has 7 nitrogen and oxygen atoms in total. The fourth-order valence-corrected chi connectivity index (χ4v) is 2.97. The first kappa shape index (κ1) is 22.2. The Morgan fingerprint density at radius 3 is 2.61 bits per heavy atom. The van der Waals surface area contributed by atoms with Crippen LogP contribution in [0.15, 0.2) is 30.4 Å². The highest BCUT2D eigenvalue weighted by molar-refractivity contribution is 5.97. The molecule has 0 fully saturated rings. The van der Waals surface area contributed by atoms with Gasteiger partial charge in [-0.1, -0.05) is 31.2 Å². The summed E-state index contributed by atoms with van der Waals surface area (Å²) < 4.78 is 40.8. The Bertz CT molecular complexity index is 1120. The lowest BCUT2D eigenvalue weighted by molar-refractivity contribution is -0.138. The summed E-state index contributed by atoms with van der Waals surface area (Å²) in [7, 11) is 0. The van der Waals surface area contributed by atoms with E-state index in [0.717, 1.165) is 6.07 Å². The van der Waals surface area contributed by atoms with Crippen LogP contribution in [0.2, 0.25) is 0 Å². The van der Waals surface area contributed by atoms with E-state index >= 15 is 0 Å². The number of alkyl halides is 3. The standard InChI is InChI=1S/C21H20F3N5O2/c1-19(2)8-6-16-17(7-9-19)29(28-27-16)12-20(3,31)18(30)26-14-5-4-13(11-25)15(10-14)21(22,23)24/h4-10,31H,12H2,1-3H3,(H,26,30)/t20-/m0/s1. The van der Waals surface area contributed by atoms with Crippen LogP contribution in [0.3, 0.4) is 0 Å². The fraction of sp³-hybridized carbons (Fsp3) is 0.333. The van der Waals surface area contributed by atoms with Crippen molar-refractivity contribution in [1.29, 1.82) is 5.26 Å². The Morgan fingerprint density at radius 1 is 1.29 bits per heavy atom. The molecule has 1 aromatic heterocycles. The largest absolute Gasteiger partial charge is 0.417 e. The number of benzene rings is 1. The lowest BCUT2D eigenvalue weighted by Crippen LogP contribution is -2.44. The molecule has 1 heterocycles. The SMILES string of the molecule is CC1(C)C=Cc2nnn(C[C@](C)(O)C(=O)Nc3ccc(C#N)c(C(F)(F)F)c3)c2C=C1. The Hall–Kier alpha value is -3.45. The minimum Gasteiger partial charge on any atom is -0.378 e. The molecule has 0 radical (unpaired) electrons. The number of aliphatic hydroxyl groups is 1. The van der Waals surface area contributed by atoms with Crippen LogP contribution in [-0.2, 0) is 17.5 Å². The molecule has 31 heavy (non-hydrogen) atoms. The van der Waals surface area contributed by atoms with Gasteiger partial charge < -0.3 is 10.4 Å². The second kappa shape index (κ2) is 7.67. The van der Waals surface area contributed by atoms with Crippen LogP contribution in [0.4, 0.5) is 18.9 Å². The van der Waals surface area contributed by atoms with Crippen LogP contribution in [0, 0.1) is 16.7 Å². The van der Waals surface area contributed by atoms with Gasteiger partial charge in [0.15, 0.2) is 5.60 Å². The molecule has 0 saturated heterocycles. The zero-order valence-corrected chi connectivity index (χ0v) is 17.0. The van der Waals surface area contributed by atoms with Crippen molar-refractivity contribution < 1.29 is 23.1 Å². The lowest BCUT2D eigenvalue weighted by Gasteiger charge is -2.23. The van der Waals surface area contributed by atoms with Crippen LogP contribution >= 0.6 is 0 Å². The number of nitrogens with one attached hydrogen (secondary N) is 1. The average molecular weight is 431 g/mol. The molecule has 1 amide bonds. The van der Waals surface area contributed by atoms with Gasteiger partial charge >= 0.3 is 6.18 Å². The highest BCUT2D eigenvalue weighted by Gasteiger charge is 2.36. The summed E-state index contributed by atoms with van der Waals surface area (Å²) in [5, 5.41) is 29.9. The number of rotatable bonds is 4. The van der Waals surface area contributed by atoms with Crippen LogP contribution in [0.25, 0.3) is 12.2 Å². The van der Waals surface area contributed by atoms with E-state index in [1.807, 2.05) is 26.0 Å². The second-order valence-electron chi connectivity index (χ2n) is 8.10. The van der Waals surface area contributed by atoms with Gasteiger partial charge in [-0.05, 0) is 37.3 Å². The summed E-state index contributed by atoms with van der Waals surface area (Å²) in [5.41, 5.74) is -2.99. The van der Waals surface area contributed by atoms with Gasteiger partial charge in [0, 0.05) is 11.1 Å². The normalized spacial score (nSPS) is 16.7. The molecule has 3 rings (SSSR count). The Morgan fingerprint density at radius 2 is 1.97 bits per heavy atom. The molecule has 162 valence electrons. The number of carbonyl (C=O) groups excluding carboxylic acids is 1. The first-order valence-electron chi connectivity index (χ1n) is 9.29. The molecule has 1 aliphatic carbocycles. The zero-order chi connectivity index (χ0) is 23.0. The molecule has 2 N–H and O–H groups in total. The maximum Gasteiger partial charge on any atom is 0.417 e. The van der Waals surface area contributed by atoms with E-state index in [1.54, 1.807) is 12.2 Å². The van der Waals surface area contributed by atoms with E-state index in [4.69, 9.17) is 5.26 Å². The number of anilines is 1. The van der Waals surface area contributed by atoms with Crippen molar-refractivity contribution in [1.82, 2.24) is 15.0 Å². The van der Waals surface area contributed by atoms with Crippen LogP contribution in [-0.4, -0.2) is 31.6 Å². The number of hydrogen-bond donors (Lipinski definition) is 2. The van der Waals surface area contributed by atoms with E-state index in [1.165, 1.54) is 23.7 Å². The van der Waals surface area contributed by atoms with E-state index in [0.29, 0.717) is 17.5 Å². The molecule has 10 heteroatoms. The number of halogens is 3. The third kappa shape index (κ3) is 4.83. The second-order valence-corrected chi connectivity index (χ2v) is 8.10. The smallest absolute Gasteiger partial charge is 0.378 e. The number of hydrogen-bond acceptors (Lipinski definition) is 5. The minimum atomic E-state index is -4.76. The summed E-state index contributed by atoms with van der Waals surface area (Å²) in [6.45, 7) is 4.95. The van der Waals surface area contributed by atoms with Gasteiger partial charge in [0.25, 0.3) is 5.91 Å². The van der Waals surface area contributed by atoms with Crippen molar-refractivity contribution in [2.45, 2.75) is 39.1 Å². The van der Waals surface area contributed by atoms with E-state index in [-0.39, 0.29) is 17.6 Å². The van der Waals surface area contributed by atoms with Crippen molar-refractivity contribution >= 4 is 23.7 Å². The Labute approximate surface area is 176 Å². The van der Waals surface area contributed by atoms with Gasteiger partial charge in [0.05, 0.1) is 29.4 Å². The highest BCUT2D eigenvalue weighted by atomic mass is 19.4. The van der Waals surface area contributed by atoms with Crippen LogP contribution in [0.1, 0.15) is 43.3 Å². The van der Waals surface area contributed by atoms with Gasteiger partial charge in [-0.25, -0.2) is 4.68 Å². The fourth-order valence-electron chi connectivity index (χ4n) is 2.97. The molecule has 0 unspecified atom stereocenters. The summed E-state index contributed by atoms with van der Waals surface area (Å²) >= 11 is 0. The quantitative estimate of drug-likeness (QED) is 0.770. The number of amides is 1. The van der Waals surface area contributed by atoms with Crippen LogP contribution in [0.5, 0.6) is 0 Å². The number of carbonyl (C=O) groups is 1. The Kier molecular flexibility index (Phi) is 5.50. The first-order chi connectivity index (χ1) is 14.3. The molecule has 0 saturated carbocycles. The lowest BCUT2D eigenvalue weighted by atomic mass is 9.93. The number of allylic oxidation sites excluding steroid dienone is 2. The van der Waals surface area contributed by atoms with Crippen molar-refractivity contribution in [2.75, 3.05) is 5.32 Å². The number of nitrogens with zero attached hydrogens (tertiary/aromatic N) is 4. The Balaban J connectivity index is 1.82. The summed E-state index contributed by atoms with van der Waals surface area (Å²) in [6.07, 6.45) is 2.70. The highest BCUT2D eigenvalue weighted by Crippen LogP contribution is 2.34. The topological polar surface area (TPSA) is 104 Å². The van der Waals surface area contributed by atoms with Gasteiger partial charge in [0.1, 0.15) is 5.69 Å². The summed E-state index contributed by atoms with van der Waals surface area (Å²) in [4.78, 5) is 12.6. The van der Waals surface area contributed by atoms with Crippen LogP contribution < -0.4 is 5.32 Å². The molecule has 0 aliphatic heterocycles. The molecule has 2 aromatic rings. The number of aromatic nitrogens is 3. The summed E-state index contributed by atoms with van der Waals surface area (Å²) in [6, 6.07) is 4.25. The van der Waals surface area contributed by atoms with Gasteiger partial charge in [-0.2, -0.15) is 18.4 Å². The van der Waals surface area contributed by atoms with Gasteiger partial charge in [0.2, 0.25) is 0 Å². The third-order valence-electron chi connectivity index (χ3n) is 4.79. The third-order valence-corrected chi connectivity index (χ3v) is 4.79. The zero-order valence-electron chi connectivity index (χ0n) is 17.0. The molecular formula is C21H20F3N5O2. The predicted molar refractivity (Wildman–Crippen MR) is 107 cm³/mol. The first-order valence-corrected chi connectivity index (χ1v) is 9.29. The molecule has 0 spiro atoms. The predicted octanol–water partition coefficient (Wildman–Crippen LogP) is 3.62. The van der Waals surface area contributed by atoms with Crippen molar-refractivity contribution in [3.63, 3.8) is 0 Å². The monoisotopic (exact) mass is 431 g/mol. The van der Waals surface area contributed by atoms with Gasteiger partial charge in [-0.3, -0.25) is 4.79 Å². The van der Waals surface area contributed by atoms with E-state index in [2.05, 4.69) is 15.6 Å². The molecule has 1 atom stereocenters. The molecule has 1 aliphatic rings. The molecule has 1 aromatic carbocycles. The molecular weight excluding hydrogens is 411 g/mol. The van der Waals surface area contributed by atoms with Crippen molar-refractivity contribution in [3.8, 4) is 6.07 Å². The minimum absolute atomic E-state index is 0.196. The molecule has 0 bridgehead atoms. The van der Waals surface area contributed by atoms with Gasteiger partial charge in [-0.15, -0.1) is 5.10 Å². The maximum absolute atomic E-state index is 13.1. The summed E-state index contributed by atoms with van der Waals surface area (Å²) in [5.74, 6) is -0.928. The average Bonchev–Trinajstić information content (AvgIpc) is 2.97. The maximum atomic E-state index is 13.1. The van der Waals surface area contributed by atoms with Crippen molar-refractivity contribution in [3.05, 3.63) is 52.9 Å². The van der Waals surface area contributed by atoms with Crippen molar-refractivity contribution in [2.24, 2.45) is 5.41 Å². The number of fused-ring (bicyclic) bond motifs is 1. The van der Waals surface area contributed by atoms with E-state index in [9.17, 15) is 23.1 Å². The number of nitriles is 1.